The van der Waals surface area contributed by atoms with E-state index in [4.69, 9.17) is 0 Å². The van der Waals surface area contributed by atoms with Crippen LogP contribution in [0.2, 0.25) is 0 Å². The molecule has 0 aromatic heterocycles. The molecule has 0 fully saturated rings. The number of benzene rings is 1. The van der Waals surface area contributed by atoms with Gasteiger partial charge in [0, 0.05) is 11.7 Å². The highest BCUT2D eigenvalue weighted by molar-refractivity contribution is 6.39. The topological polar surface area (TPSA) is 58.2 Å². The molecule has 1 aromatic rings. The predicted molar refractivity (Wildman–Crippen MR) is 63.1 cm³/mol. The summed E-state index contributed by atoms with van der Waals surface area (Å²) in [6.07, 6.45) is 0. The molecule has 16 heavy (non-hydrogen) atoms. The Morgan fingerprint density at radius 3 is 2.44 bits per heavy atom. The lowest BCUT2D eigenvalue weighted by molar-refractivity contribution is -0.136. The zero-order valence-electron chi connectivity index (χ0n) is 9.70. The van der Waals surface area contributed by atoms with Gasteiger partial charge in [0.2, 0.25) is 0 Å². The van der Waals surface area contributed by atoms with Crippen LogP contribution >= 0.6 is 0 Å². The van der Waals surface area contributed by atoms with Crippen LogP contribution in [-0.2, 0) is 9.59 Å². The van der Waals surface area contributed by atoms with Crippen molar-refractivity contribution in [2.45, 2.75) is 26.8 Å². The van der Waals surface area contributed by atoms with E-state index in [9.17, 15) is 9.59 Å². The van der Waals surface area contributed by atoms with E-state index in [-0.39, 0.29) is 6.04 Å². The van der Waals surface area contributed by atoms with Crippen molar-refractivity contribution in [3.8, 4) is 0 Å². The Bertz CT molecular complexity index is 400. The third-order valence-electron chi connectivity index (χ3n) is 1.90. The van der Waals surface area contributed by atoms with Crippen LogP contribution in [0.1, 0.15) is 19.4 Å². The molecule has 2 amide bonds. The lowest BCUT2D eigenvalue weighted by Gasteiger charge is -2.08. The van der Waals surface area contributed by atoms with Crippen LogP contribution in [0.3, 0.4) is 0 Å². The van der Waals surface area contributed by atoms with Crippen LogP contribution in [0.4, 0.5) is 5.69 Å². The van der Waals surface area contributed by atoms with Crippen molar-refractivity contribution in [3.05, 3.63) is 29.8 Å². The highest BCUT2D eigenvalue weighted by Gasteiger charge is 2.14. The largest absolute Gasteiger partial charge is 0.346 e. The normalized spacial score (nSPS) is 10.0. The average molecular weight is 220 g/mol. The Morgan fingerprint density at radius 2 is 1.88 bits per heavy atom. The first-order valence-corrected chi connectivity index (χ1v) is 5.17. The number of hydrogen-bond donors (Lipinski definition) is 2. The van der Waals surface area contributed by atoms with Crippen LogP contribution in [0.25, 0.3) is 0 Å². The maximum atomic E-state index is 11.4. The fourth-order valence-electron chi connectivity index (χ4n) is 1.24. The highest BCUT2D eigenvalue weighted by Crippen LogP contribution is 2.08. The molecule has 0 saturated heterocycles. The van der Waals surface area contributed by atoms with Crippen molar-refractivity contribution < 1.29 is 9.59 Å². The summed E-state index contributed by atoms with van der Waals surface area (Å²) in [5, 5.41) is 5.06. The summed E-state index contributed by atoms with van der Waals surface area (Å²) in [6.45, 7) is 5.53. The van der Waals surface area contributed by atoms with Gasteiger partial charge in [0.1, 0.15) is 0 Å². The van der Waals surface area contributed by atoms with Gasteiger partial charge in [0.15, 0.2) is 0 Å². The molecule has 0 atom stereocenters. The van der Waals surface area contributed by atoms with Crippen LogP contribution in [0.5, 0.6) is 0 Å². The van der Waals surface area contributed by atoms with E-state index in [0.717, 1.165) is 5.56 Å². The summed E-state index contributed by atoms with van der Waals surface area (Å²) in [7, 11) is 0. The molecule has 0 aliphatic heterocycles. The minimum Gasteiger partial charge on any atom is -0.346 e. The summed E-state index contributed by atoms with van der Waals surface area (Å²) in [4.78, 5) is 22.8. The molecule has 0 aliphatic carbocycles. The Labute approximate surface area is 95.0 Å². The number of nitrogens with one attached hydrogen (secondary N) is 2. The molecule has 2 N–H and O–H groups in total. The maximum absolute atomic E-state index is 11.4. The summed E-state index contributed by atoms with van der Waals surface area (Å²) in [5.41, 5.74) is 1.66. The molecule has 0 aliphatic rings. The molecule has 4 heteroatoms. The van der Waals surface area contributed by atoms with Crippen LogP contribution in [0, 0.1) is 6.92 Å². The number of anilines is 1. The van der Waals surface area contributed by atoms with Crippen molar-refractivity contribution in [3.63, 3.8) is 0 Å². The van der Waals surface area contributed by atoms with Gasteiger partial charge in [-0.15, -0.1) is 0 Å². The summed E-state index contributed by atoms with van der Waals surface area (Å²) in [5.74, 6) is -1.25. The van der Waals surface area contributed by atoms with E-state index in [2.05, 4.69) is 10.6 Å². The van der Waals surface area contributed by atoms with Crippen molar-refractivity contribution in [2.75, 3.05) is 5.32 Å². The van der Waals surface area contributed by atoms with Crippen LogP contribution < -0.4 is 10.6 Å². The minimum atomic E-state index is -0.640. The zero-order chi connectivity index (χ0) is 12.1. The molecule has 4 nitrogen and oxygen atoms in total. The lowest BCUT2D eigenvalue weighted by Crippen LogP contribution is -2.39. The summed E-state index contributed by atoms with van der Waals surface area (Å²) < 4.78 is 0. The molecular weight excluding hydrogens is 204 g/mol. The molecule has 0 heterocycles. The van der Waals surface area contributed by atoms with Crippen LogP contribution in [-0.4, -0.2) is 17.9 Å². The van der Waals surface area contributed by atoms with E-state index < -0.39 is 11.8 Å². The third kappa shape index (κ3) is 3.73. The molecule has 0 saturated carbocycles. The second-order valence-corrected chi connectivity index (χ2v) is 3.95. The SMILES string of the molecule is Cc1cccc(NC(=O)C(=O)NC(C)C)c1. The van der Waals surface area contributed by atoms with Gasteiger partial charge in [0.05, 0.1) is 0 Å². The molecular formula is C12H16N2O2. The van der Waals surface area contributed by atoms with E-state index in [1.54, 1.807) is 26.0 Å². The zero-order valence-corrected chi connectivity index (χ0v) is 9.70. The average Bonchev–Trinajstić information content (AvgIpc) is 2.16. The molecule has 1 aromatic carbocycles. The Hall–Kier alpha value is -1.84. The van der Waals surface area contributed by atoms with Gasteiger partial charge in [-0.25, -0.2) is 0 Å². The van der Waals surface area contributed by atoms with Gasteiger partial charge in [-0.05, 0) is 38.5 Å². The molecule has 1 rings (SSSR count). The van der Waals surface area contributed by atoms with Crippen molar-refractivity contribution in [1.82, 2.24) is 5.32 Å². The standard InChI is InChI=1S/C12H16N2O2/c1-8(2)13-11(15)12(16)14-10-6-4-5-9(3)7-10/h4-8H,1-3H3,(H,13,15)(H,14,16). The number of carbonyl (C=O) groups excluding carboxylic acids is 2. The van der Waals surface area contributed by atoms with Gasteiger partial charge in [-0.1, -0.05) is 12.1 Å². The van der Waals surface area contributed by atoms with Gasteiger partial charge in [0.25, 0.3) is 0 Å². The Balaban J connectivity index is 2.61. The number of hydrogen-bond acceptors (Lipinski definition) is 2. The van der Waals surface area contributed by atoms with Gasteiger partial charge in [-0.3, -0.25) is 9.59 Å². The monoisotopic (exact) mass is 220 g/mol. The number of carbonyl (C=O) groups is 2. The fourth-order valence-corrected chi connectivity index (χ4v) is 1.24. The van der Waals surface area contributed by atoms with Gasteiger partial charge in [-0.2, -0.15) is 0 Å². The first-order chi connectivity index (χ1) is 7.49. The smallest absolute Gasteiger partial charge is 0.313 e. The van der Waals surface area contributed by atoms with E-state index >= 15 is 0 Å². The predicted octanol–water partition coefficient (Wildman–Crippen LogP) is 1.46. The Morgan fingerprint density at radius 1 is 1.19 bits per heavy atom. The summed E-state index contributed by atoms with van der Waals surface area (Å²) >= 11 is 0. The quantitative estimate of drug-likeness (QED) is 0.741. The first kappa shape index (κ1) is 12.2. The van der Waals surface area contributed by atoms with Crippen LogP contribution in [0.15, 0.2) is 24.3 Å². The number of amides is 2. The molecule has 86 valence electrons. The minimum absolute atomic E-state index is 0.0456. The highest BCUT2D eigenvalue weighted by atomic mass is 16.2. The number of aryl methyl sites for hydroxylation is 1. The van der Waals surface area contributed by atoms with Crippen molar-refractivity contribution >= 4 is 17.5 Å². The second-order valence-electron chi connectivity index (χ2n) is 3.95. The first-order valence-electron chi connectivity index (χ1n) is 5.17. The van der Waals surface area contributed by atoms with Crippen molar-refractivity contribution in [1.29, 1.82) is 0 Å². The molecule has 0 unspecified atom stereocenters. The third-order valence-corrected chi connectivity index (χ3v) is 1.90. The Kier molecular flexibility index (Phi) is 4.05. The summed E-state index contributed by atoms with van der Waals surface area (Å²) in [6, 6.07) is 7.25. The van der Waals surface area contributed by atoms with Gasteiger partial charge >= 0.3 is 11.8 Å². The second kappa shape index (κ2) is 5.30. The molecule has 0 radical (unpaired) electrons. The van der Waals surface area contributed by atoms with Gasteiger partial charge < -0.3 is 10.6 Å². The van der Waals surface area contributed by atoms with E-state index in [0.29, 0.717) is 5.69 Å². The van der Waals surface area contributed by atoms with Crippen molar-refractivity contribution in [2.24, 2.45) is 0 Å². The van der Waals surface area contributed by atoms with E-state index in [1.807, 2.05) is 19.1 Å². The number of rotatable bonds is 2. The molecule has 0 bridgehead atoms. The molecule has 0 spiro atoms. The lowest BCUT2D eigenvalue weighted by atomic mass is 10.2. The van der Waals surface area contributed by atoms with E-state index in [1.165, 1.54) is 0 Å². The maximum Gasteiger partial charge on any atom is 0.313 e. The fraction of sp³-hybridized carbons (Fsp3) is 0.333.